The first-order valence-electron chi connectivity index (χ1n) is 8.39. The van der Waals surface area contributed by atoms with E-state index in [-0.39, 0.29) is 23.0 Å². The van der Waals surface area contributed by atoms with Crippen LogP contribution in [0.4, 0.5) is 0 Å². The second-order valence-corrected chi connectivity index (χ2v) is 8.08. The number of carboxylic acids is 1. The number of carbonyl (C=O) groups excluding carboxylic acids is 1. The van der Waals surface area contributed by atoms with Crippen LogP contribution in [0.1, 0.15) is 48.9 Å². The highest BCUT2D eigenvalue weighted by Gasteiger charge is 2.31. The third kappa shape index (κ3) is 4.40. The molecule has 0 aliphatic carbocycles. The summed E-state index contributed by atoms with van der Waals surface area (Å²) in [7, 11) is -3.67. The van der Waals surface area contributed by atoms with Gasteiger partial charge in [0.1, 0.15) is 10.7 Å². The van der Waals surface area contributed by atoms with Crippen molar-refractivity contribution in [1.29, 1.82) is 0 Å². The average molecular weight is 372 g/mol. The summed E-state index contributed by atoms with van der Waals surface area (Å²) < 4.78 is 31.9. The van der Waals surface area contributed by atoms with E-state index in [1.54, 1.807) is 0 Å². The van der Waals surface area contributed by atoms with Gasteiger partial charge in [-0.05, 0) is 26.2 Å². The number of nitrogens with zero attached hydrogens (tertiary/aromatic N) is 1. The molecule has 2 rings (SSSR count). The van der Waals surface area contributed by atoms with E-state index in [9.17, 15) is 18.0 Å². The molecule has 0 bridgehead atoms. The van der Waals surface area contributed by atoms with Crippen molar-refractivity contribution in [2.75, 3.05) is 19.6 Å². The van der Waals surface area contributed by atoms with E-state index < -0.39 is 27.8 Å². The van der Waals surface area contributed by atoms with Crippen LogP contribution in [0.15, 0.2) is 15.4 Å². The van der Waals surface area contributed by atoms with Gasteiger partial charge in [-0.1, -0.05) is 13.3 Å². The monoisotopic (exact) mass is 372 g/mol. The van der Waals surface area contributed by atoms with Crippen LogP contribution in [0.25, 0.3) is 0 Å². The van der Waals surface area contributed by atoms with Gasteiger partial charge in [-0.2, -0.15) is 4.31 Å². The third-order valence-corrected chi connectivity index (χ3v) is 6.28. The number of aliphatic carboxylic acids is 1. The van der Waals surface area contributed by atoms with Gasteiger partial charge in [0.2, 0.25) is 10.0 Å². The van der Waals surface area contributed by atoms with Crippen molar-refractivity contribution < 1.29 is 27.5 Å². The molecule has 1 amide bonds. The van der Waals surface area contributed by atoms with Crippen molar-refractivity contribution in [3.8, 4) is 0 Å². The lowest BCUT2D eigenvalue weighted by Gasteiger charge is -2.14. The topological polar surface area (TPSA) is 117 Å². The van der Waals surface area contributed by atoms with E-state index in [2.05, 4.69) is 5.32 Å². The quantitative estimate of drug-likeness (QED) is 0.716. The minimum Gasteiger partial charge on any atom is -0.481 e. The maximum atomic E-state index is 12.6. The Morgan fingerprint density at radius 1 is 1.36 bits per heavy atom. The molecule has 1 aliphatic rings. The van der Waals surface area contributed by atoms with Gasteiger partial charge in [-0.3, -0.25) is 9.59 Å². The summed E-state index contributed by atoms with van der Waals surface area (Å²) in [6.45, 7) is 4.26. The van der Waals surface area contributed by atoms with Crippen molar-refractivity contribution in [2.45, 2.75) is 44.4 Å². The van der Waals surface area contributed by atoms with Gasteiger partial charge >= 0.3 is 5.97 Å². The van der Waals surface area contributed by atoms with Gasteiger partial charge < -0.3 is 14.8 Å². The van der Waals surface area contributed by atoms with Crippen LogP contribution < -0.4 is 5.32 Å². The predicted molar refractivity (Wildman–Crippen MR) is 89.8 cm³/mol. The normalized spacial score (nSPS) is 16.7. The SMILES string of the molecule is CCCC(CNC(=O)c1cc(S(=O)(=O)N2CCCC2)c(C)o1)C(=O)O. The Kier molecular flexibility index (Phi) is 6.23. The summed E-state index contributed by atoms with van der Waals surface area (Å²) in [5.74, 6) is -2.25. The van der Waals surface area contributed by atoms with E-state index in [4.69, 9.17) is 9.52 Å². The van der Waals surface area contributed by atoms with E-state index in [1.807, 2.05) is 6.92 Å². The van der Waals surface area contributed by atoms with E-state index in [0.717, 1.165) is 12.8 Å². The first-order chi connectivity index (χ1) is 11.8. The first-order valence-corrected chi connectivity index (χ1v) is 9.83. The maximum Gasteiger partial charge on any atom is 0.308 e. The van der Waals surface area contributed by atoms with Crippen molar-refractivity contribution in [3.63, 3.8) is 0 Å². The molecule has 1 atom stereocenters. The van der Waals surface area contributed by atoms with Crippen LogP contribution in [0.3, 0.4) is 0 Å². The van der Waals surface area contributed by atoms with Gasteiger partial charge in [0.25, 0.3) is 5.91 Å². The number of carboxylic acid groups (broad SMARTS) is 1. The molecular formula is C16H24N2O6S. The number of sulfonamides is 1. The molecule has 0 aromatic carbocycles. The molecule has 0 spiro atoms. The number of carbonyl (C=O) groups is 2. The molecule has 1 aliphatic heterocycles. The fourth-order valence-corrected chi connectivity index (χ4v) is 4.54. The van der Waals surface area contributed by atoms with Gasteiger partial charge in [-0.15, -0.1) is 0 Å². The molecule has 8 nitrogen and oxygen atoms in total. The standard InChI is InChI=1S/C16H24N2O6S/c1-3-6-12(16(20)21)10-17-15(19)13-9-14(11(2)24-13)25(22,23)18-7-4-5-8-18/h9,12H,3-8,10H2,1-2H3,(H,17,19)(H,20,21). The number of amides is 1. The summed E-state index contributed by atoms with van der Waals surface area (Å²) in [5.41, 5.74) is 0. The highest BCUT2D eigenvalue weighted by molar-refractivity contribution is 7.89. The van der Waals surface area contributed by atoms with Gasteiger partial charge in [0, 0.05) is 25.7 Å². The Labute approximate surface area is 147 Å². The van der Waals surface area contributed by atoms with E-state index in [1.165, 1.54) is 17.3 Å². The third-order valence-electron chi connectivity index (χ3n) is 4.27. The van der Waals surface area contributed by atoms with Crippen LogP contribution in [0, 0.1) is 12.8 Å². The van der Waals surface area contributed by atoms with Crippen LogP contribution in [-0.2, 0) is 14.8 Å². The highest BCUT2D eigenvalue weighted by Crippen LogP contribution is 2.26. The smallest absolute Gasteiger partial charge is 0.308 e. The van der Waals surface area contributed by atoms with Crippen LogP contribution in [0.2, 0.25) is 0 Å². The van der Waals surface area contributed by atoms with Crippen LogP contribution in [0.5, 0.6) is 0 Å². The molecule has 1 unspecified atom stereocenters. The summed E-state index contributed by atoms with van der Waals surface area (Å²) >= 11 is 0. The zero-order valence-electron chi connectivity index (χ0n) is 14.4. The molecule has 140 valence electrons. The fraction of sp³-hybridized carbons (Fsp3) is 0.625. The Balaban J connectivity index is 2.10. The molecule has 1 fully saturated rings. The van der Waals surface area contributed by atoms with Crippen LogP contribution >= 0.6 is 0 Å². The Bertz CT molecular complexity index is 734. The molecule has 1 aromatic rings. The number of rotatable bonds is 8. The molecule has 0 saturated carbocycles. The number of hydrogen-bond acceptors (Lipinski definition) is 5. The molecule has 1 aromatic heterocycles. The highest BCUT2D eigenvalue weighted by atomic mass is 32.2. The van der Waals surface area contributed by atoms with E-state index in [0.29, 0.717) is 25.9 Å². The van der Waals surface area contributed by atoms with Crippen LogP contribution in [-0.4, -0.2) is 49.3 Å². The number of nitrogens with one attached hydrogen (secondary N) is 1. The van der Waals surface area contributed by atoms with Crippen molar-refractivity contribution in [2.24, 2.45) is 5.92 Å². The Morgan fingerprint density at radius 2 is 2.00 bits per heavy atom. The minimum absolute atomic E-state index is 0.0112. The summed E-state index contributed by atoms with van der Waals surface area (Å²) in [6.07, 6.45) is 2.77. The largest absolute Gasteiger partial charge is 0.481 e. The molecular weight excluding hydrogens is 348 g/mol. The lowest BCUT2D eigenvalue weighted by atomic mass is 10.0. The average Bonchev–Trinajstić information content (AvgIpc) is 3.20. The second kappa shape index (κ2) is 8.01. The lowest BCUT2D eigenvalue weighted by Crippen LogP contribution is -2.32. The zero-order chi connectivity index (χ0) is 18.6. The molecule has 0 radical (unpaired) electrons. The van der Waals surface area contributed by atoms with Gasteiger partial charge in [0.15, 0.2) is 5.76 Å². The molecule has 2 N–H and O–H groups in total. The lowest BCUT2D eigenvalue weighted by molar-refractivity contribution is -0.141. The fourth-order valence-electron chi connectivity index (χ4n) is 2.87. The minimum atomic E-state index is -3.67. The Hall–Kier alpha value is -1.87. The maximum absolute atomic E-state index is 12.6. The first kappa shape index (κ1) is 19.5. The predicted octanol–water partition coefficient (Wildman–Crippen LogP) is 1.60. The number of hydrogen-bond donors (Lipinski definition) is 2. The molecule has 1 saturated heterocycles. The number of aryl methyl sites for hydroxylation is 1. The van der Waals surface area contributed by atoms with Crippen molar-refractivity contribution in [3.05, 3.63) is 17.6 Å². The van der Waals surface area contributed by atoms with Gasteiger partial charge in [-0.25, -0.2) is 8.42 Å². The van der Waals surface area contributed by atoms with Crippen molar-refractivity contribution >= 4 is 21.9 Å². The molecule has 25 heavy (non-hydrogen) atoms. The number of furan rings is 1. The summed E-state index contributed by atoms with van der Waals surface area (Å²) in [5, 5.41) is 11.6. The molecule has 2 heterocycles. The van der Waals surface area contributed by atoms with Gasteiger partial charge in [0.05, 0.1) is 5.92 Å². The van der Waals surface area contributed by atoms with E-state index >= 15 is 0 Å². The summed E-state index contributed by atoms with van der Waals surface area (Å²) in [6, 6.07) is 1.22. The zero-order valence-corrected chi connectivity index (χ0v) is 15.3. The Morgan fingerprint density at radius 3 is 2.56 bits per heavy atom. The second-order valence-electron chi connectivity index (χ2n) is 6.18. The molecule has 9 heteroatoms. The van der Waals surface area contributed by atoms with Crippen molar-refractivity contribution in [1.82, 2.24) is 9.62 Å². The summed E-state index contributed by atoms with van der Waals surface area (Å²) in [4.78, 5) is 23.3.